The summed E-state index contributed by atoms with van der Waals surface area (Å²) in [4.78, 5) is 16.0. The van der Waals surface area contributed by atoms with E-state index in [4.69, 9.17) is 5.26 Å². The summed E-state index contributed by atoms with van der Waals surface area (Å²) in [5, 5.41) is 11.7. The molecule has 0 aliphatic heterocycles. The summed E-state index contributed by atoms with van der Waals surface area (Å²) in [5.74, 6) is 0. The van der Waals surface area contributed by atoms with Crippen LogP contribution in [0.25, 0.3) is 11.1 Å². The number of nitriles is 1. The molecule has 0 radical (unpaired) electrons. The molecule has 0 saturated carbocycles. The molecule has 1 heterocycles. The van der Waals surface area contributed by atoms with Gasteiger partial charge < -0.3 is 5.32 Å². The van der Waals surface area contributed by atoms with Crippen LogP contribution in [0.2, 0.25) is 0 Å². The molecule has 3 rings (SSSR count). The average Bonchev–Trinajstić information content (AvgIpc) is 3.02. The van der Waals surface area contributed by atoms with Gasteiger partial charge >= 0.3 is 6.03 Å². The smallest absolute Gasteiger partial charge is 0.306 e. The average molecular weight is 356 g/mol. The predicted octanol–water partition coefficient (Wildman–Crippen LogP) is 2.19. The zero-order valence-electron chi connectivity index (χ0n) is 13.5. The lowest BCUT2D eigenvalue weighted by Gasteiger charge is -2.16. The van der Waals surface area contributed by atoms with E-state index < -0.39 is 16.1 Å². The van der Waals surface area contributed by atoms with Crippen LogP contribution in [-0.4, -0.2) is 25.7 Å². The molecule has 1 aromatic carbocycles. The Hall–Kier alpha value is -2.92. The normalized spacial score (nSPS) is 13.0. The van der Waals surface area contributed by atoms with Crippen LogP contribution in [0.1, 0.15) is 23.2 Å². The molecule has 0 spiro atoms. The van der Waals surface area contributed by atoms with Crippen molar-refractivity contribution in [3.05, 3.63) is 47.3 Å². The van der Waals surface area contributed by atoms with Crippen molar-refractivity contribution < 1.29 is 13.2 Å². The molecule has 2 N–H and O–H groups in total. The highest BCUT2D eigenvalue weighted by Gasteiger charge is 2.21. The van der Waals surface area contributed by atoms with Gasteiger partial charge in [-0.1, -0.05) is 12.1 Å². The van der Waals surface area contributed by atoms with Crippen LogP contribution in [0, 0.1) is 11.3 Å². The molecule has 1 aromatic heterocycles. The number of amides is 2. The van der Waals surface area contributed by atoms with Gasteiger partial charge in [0.15, 0.2) is 0 Å². The summed E-state index contributed by atoms with van der Waals surface area (Å²) in [6.45, 7) is 0. The van der Waals surface area contributed by atoms with E-state index in [-0.39, 0.29) is 5.69 Å². The minimum Gasteiger partial charge on any atom is -0.306 e. The van der Waals surface area contributed by atoms with Crippen LogP contribution in [0.3, 0.4) is 0 Å². The van der Waals surface area contributed by atoms with Gasteiger partial charge in [-0.2, -0.15) is 5.26 Å². The molecule has 8 heteroatoms. The first kappa shape index (κ1) is 16.9. The molecular weight excluding hydrogens is 340 g/mol. The largest absolute Gasteiger partial charge is 0.332 e. The first-order valence-electron chi connectivity index (χ1n) is 7.67. The standard InChI is InChI=1S/C17H16N4O3S/c1-25(23,24)21-17(22)20-16-14-4-2-3-11(14)5-6-15(16)12-7-8-19-13(9-12)10-18/h5-9H,2-4H2,1H3,(H2,20,21,22). The minimum absolute atomic E-state index is 0.268. The van der Waals surface area contributed by atoms with Crippen molar-refractivity contribution in [2.24, 2.45) is 0 Å². The highest BCUT2D eigenvalue weighted by molar-refractivity contribution is 7.89. The number of nitrogens with zero attached hydrogens (tertiary/aromatic N) is 2. The number of hydrogen-bond donors (Lipinski definition) is 2. The highest BCUT2D eigenvalue weighted by atomic mass is 32.2. The quantitative estimate of drug-likeness (QED) is 0.875. The van der Waals surface area contributed by atoms with E-state index in [1.54, 1.807) is 12.1 Å². The second-order valence-corrected chi connectivity index (χ2v) is 7.60. The predicted molar refractivity (Wildman–Crippen MR) is 93.4 cm³/mol. The molecule has 25 heavy (non-hydrogen) atoms. The maximum absolute atomic E-state index is 12.1. The van der Waals surface area contributed by atoms with Crippen LogP contribution in [-0.2, 0) is 22.9 Å². The lowest BCUT2D eigenvalue weighted by atomic mass is 9.97. The summed E-state index contributed by atoms with van der Waals surface area (Å²) in [6.07, 6.45) is 5.14. The topological polar surface area (TPSA) is 112 Å². The van der Waals surface area contributed by atoms with Gasteiger partial charge in [-0.3, -0.25) is 0 Å². The number of rotatable bonds is 3. The number of pyridine rings is 1. The van der Waals surface area contributed by atoms with Crippen molar-refractivity contribution in [1.29, 1.82) is 5.26 Å². The van der Waals surface area contributed by atoms with Crippen LogP contribution in [0.5, 0.6) is 0 Å². The van der Waals surface area contributed by atoms with Gasteiger partial charge in [-0.05, 0) is 48.1 Å². The highest BCUT2D eigenvalue weighted by Crippen LogP contribution is 2.37. The van der Waals surface area contributed by atoms with Crippen LogP contribution in [0.15, 0.2) is 30.5 Å². The second-order valence-electron chi connectivity index (χ2n) is 5.85. The van der Waals surface area contributed by atoms with E-state index in [9.17, 15) is 13.2 Å². The molecule has 0 saturated heterocycles. The third-order valence-electron chi connectivity index (χ3n) is 3.98. The molecule has 0 unspecified atom stereocenters. The first-order chi connectivity index (χ1) is 11.9. The number of urea groups is 1. The van der Waals surface area contributed by atoms with Crippen molar-refractivity contribution in [2.45, 2.75) is 19.3 Å². The lowest BCUT2D eigenvalue weighted by molar-refractivity contribution is 0.256. The number of anilines is 1. The molecule has 0 bridgehead atoms. The molecule has 1 aliphatic carbocycles. The van der Waals surface area contributed by atoms with Gasteiger partial charge in [0, 0.05) is 11.8 Å². The molecule has 1 aliphatic rings. The third kappa shape index (κ3) is 3.78. The monoisotopic (exact) mass is 356 g/mol. The lowest BCUT2D eigenvalue weighted by Crippen LogP contribution is -2.33. The Morgan fingerprint density at radius 3 is 2.80 bits per heavy atom. The van der Waals surface area contributed by atoms with E-state index in [2.05, 4.69) is 10.3 Å². The Kier molecular flexibility index (Phi) is 4.42. The van der Waals surface area contributed by atoms with Crippen molar-refractivity contribution in [1.82, 2.24) is 9.71 Å². The Morgan fingerprint density at radius 2 is 2.08 bits per heavy atom. The second kappa shape index (κ2) is 6.53. The number of benzene rings is 1. The van der Waals surface area contributed by atoms with Crippen molar-refractivity contribution in [3.63, 3.8) is 0 Å². The SMILES string of the molecule is CS(=O)(=O)NC(=O)Nc1c(-c2ccnc(C#N)c2)ccc2c1CCC2. The minimum atomic E-state index is -3.66. The zero-order chi connectivity index (χ0) is 18.0. The van der Waals surface area contributed by atoms with Gasteiger partial charge in [0.25, 0.3) is 0 Å². The van der Waals surface area contributed by atoms with Crippen LogP contribution < -0.4 is 10.0 Å². The third-order valence-corrected chi connectivity index (χ3v) is 4.54. The fraction of sp³-hybridized carbons (Fsp3) is 0.235. The number of fused-ring (bicyclic) bond motifs is 1. The van der Waals surface area contributed by atoms with Gasteiger partial charge in [-0.25, -0.2) is 22.9 Å². The molecule has 0 fully saturated rings. The Bertz CT molecular complexity index is 993. The van der Waals surface area contributed by atoms with Crippen LogP contribution >= 0.6 is 0 Å². The van der Waals surface area contributed by atoms with Crippen molar-refractivity contribution in [3.8, 4) is 17.2 Å². The van der Waals surface area contributed by atoms with Gasteiger partial charge in [0.05, 0.1) is 11.9 Å². The molecule has 2 amide bonds. The number of sulfonamides is 1. The Morgan fingerprint density at radius 1 is 1.28 bits per heavy atom. The van der Waals surface area contributed by atoms with E-state index >= 15 is 0 Å². The number of aryl methyl sites for hydroxylation is 1. The summed E-state index contributed by atoms with van der Waals surface area (Å²) >= 11 is 0. The number of hydrogen-bond acceptors (Lipinski definition) is 5. The Labute approximate surface area is 145 Å². The fourth-order valence-corrected chi connectivity index (χ4v) is 3.40. The van der Waals surface area contributed by atoms with Gasteiger partial charge in [-0.15, -0.1) is 0 Å². The molecule has 128 valence electrons. The summed E-state index contributed by atoms with van der Waals surface area (Å²) in [6, 6.07) is 8.44. The number of aromatic nitrogens is 1. The van der Waals surface area contributed by atoms with Crippen molar-refractivity contribution >= 4 is 21.7 Å². The van der Waals surface area contributed by atoms with E-state index in [1.807, 2.05) is 22.9 Å². The number of carbonyl (C=O) groups is 1. The summed E-state index contributed by atoms with van der Waals surface area (Å²) in [5.41, 5.74) is 4.43. The zero-order valence-corrected chi connectivity index (χ0v) is 14.4. The van der Waals surface area contributed by atoms with Gasteiger partial charge in [0.1, 0.15) is 11.8 Å². The molecule has 2 aromatic rings. The summed E-state index contributed by atoms with van der Waals surface area (Å²) < 4.78 is 24.5. The van der Waals surface area contributed by atoms with E-state index in [0.29, 0.717) is 5.69 Å². The maximum atomic E-state index is 12.1. The van der Waals surface area contributed by atoms with E-state index in [0.717, 1.165) is 47.8 Å². The van der Waals surface area contributed by atoms with Gasteiger partial charge in [0.2, 0.25) is 10.0 Å². The fourth-order valence-electron chi connectivity index (χ4n) is 3.02. The maximum Gasteiger partial charge on any atom is 0.332 e. The molecular formula is C17H16N4O3S. The van der Waals surface area contributed by atoms with Crippen molar-refractivity contribution in [2.75, 3.05) is 11.6 Å². The van der Waals surface area contributed by atoms with E-state index in [1.165, 1.54) is 6.20 Å². The van der Waals surface area contributed by atoms with Crippen LogP contribution in [0.4, 0.5) is 10.5 Å². The first-order valence-corrected chi connectivity index (χ1v) is 9.56. The molecule has 7 nitrogen and oxygen atoms in total. The summed E-state index contributed by atoms with van der Waals surface area (Å²) in [7, 11) is -3.66. The Balaban J connectivity index is 2.07. The number of carbonyl (C=O) groups excluding carboxylic acids is 1. The number of nitrogens with one attached hydrogen (secondary N) is 2. The molecule has 0 atom stereocenters.